The number of nitrogens with one attached hydrogen (secondary N) is 1. The molecule has 1 heterocycles. The molecule has 21 heavy (non-hydrogen) atoms. The summed E-state index contributed by atoms with van der Waals surface area (Å²) >= 11 is 7.63. The number of hydrogen-bond donors (Lipinski definition) is 2. The standard InChI is InChI=1S/C15H13ClFN3S/c16-15-9(4-3-5-10(15)17)12(20-18)8-14-19-11-6-1-2-7-13(11)21-14/h1-7,12,20H,8,18H2. The van der Waals surface area contributed by atoms with Gasteiger partial charge in [0.15, 0.2) is 0 Å². The van der Waals surface area contributed by atoms with E-state index < -0.39 is 5.82 Å². The molecule has 108 valence electrons. The molecule has 0 radical (unpaired) electrons. The second-order valence-electron chi connectivity index (χ2n) is 4.64. The van der Waals surface area contributed by atoms with Gasteiger partial charge in [0.2, 0.25) is 0 Å². The summed E-state index contributed by atoms with van der Waals surface area (Å²) in [4.78, 5) is 4.56. The van der Waals surface area contributed by atoms with Crippen molar-refractivity contribution < 1.29 is 4.39 Å². The highest BCUT2D eigenvalue weighted by Crippen LogP contribution is 2.30. The first-order valence-electron chi connectivity index (χ1n) is 6.43. The highest BCUT2D eigenvalue weighted by molar-refractivity contribution is 7.18. The summed E-state index contributed by atoms with van der Waals surface area (Å²) < 4.78 is 14.7. The Labute approximate surface area is 130 Å². The lowest BCUT2D eigenvalue weighted by molar-refractivity contribution is 0.544. The van der Waals surface area contributed by atoms with Crippen molar-refractivity contribution >= 4 is 33.2 Å². The van der Waals surface area contributed by atoms with Crippen molar-refractivity contribution in [3.05, 3.63) is 63.9 Å². The molecule has 1 aromatic heterocycles. The summed E-state index contributed by atoms with van der Waals surface area (Å²) in [6, 6.07) is 12.4. The highest BCUT2D eigenvalue weighted by Gasteiger charge is 2.18. The van der Waals surface area contributed by atoms with Gasteiger partial charge in [0.1, 0.15) is 5.82 Å². The largest absolute Gasteiger partial charge is 0.271 e. The minimum Gasteiger partial charge on any atom is -0.271 e. The normalized spacial score (nSPS) is 12.7. The topological polar surface area (TPSA) is 50.9 Å². The number of nitrogens with two attached hydrogens (primary N) is 1. The van der Waals surface area contributed by atoms with E-state index in [0.717, 1.165) is 15.2 Å². The number of fused-ring (bicyclic) bond motifs is 1. The van der Waals surface area contributed by atoms with Gasteiger partial charge in [0, 0.05) is 6.42 Å². The molecule has 3 aromatic rings. The number of para-hydroxylation sites is 1. The van der Waals surface area contributed by atoms with E-state index in [9.17, 15) is 4.39 Å². The molecule has 0 aliphatic rings. The van der Waals surface area contributed by atoms with Gasteiger partial charge in [-0.2, -0.15) is 0 Å². The Morgan fingerprint density at radius 1 is 1.24 bits per heavy atom. The molecule has 0 saturated heterocycles. The summed E-state index contributed by atoms with van der Waals surface area (Å²) in [5.41, 5.74) is 4.29. The van der Waals surface area contributed by atoms with Crippen LogP contribution in [0.3, 0.4) is 0 Å². The van der Waals surface area contributed by atoms with Crippen LogP contribution in [0.25, 0.3) is 10.2 Å². The summed E-state index contributed by atoms with van der Waals surface area (Å²) in [5, 5.41) is 1.03. The molecule has 0 bridgehead atoms. The number of rotatable bonds is 4. The average Bonchev–Trinajstić information content (AvgIpc) is 2.90. The molecule has 0 saturated carbocycles. The minimum atomic E-state index is -0.446. The number of hydrazine groups is 1. The maximum atomic E-state index is 13.6. The van der Waals surface area contributed by atoms with Crippen LogP contribution in [0.2, 0.25) is 5.02 Å². The average molecular weight is 322 g/mol. The zero-order valence-corrected chi connectivity index (χ0v) is 12.6. The molecule has 0 spiro atoms. The highest BCUT2D eigenvalue weighted by atomic mass is 35.5. The van der Waals surface area contributed by atoms with E-state index >= 15 is 0 Å². The van der Waals surface area contributed by atoms with E-state index in [4.69, 9.17) is 17.4 Å². The molecule has 3 N–H and O–H groups in total. The quantitative estimate of drug-likeness (QED) is 0.567. The summed E-state index contributed by atoms with van der Waals surface area (Å²) in [7, 11) is 0. The molecule has 0 aliphatic carbocycles. The van der Waals surface area contributed by atoms with Crippen molar-refractivity contribution in [1.82, 2.24) is 10.4 Å². The van der Waals surface area contributed by atoms with Crippen molar-refractivity contribution in [2.45, 2.75) is 12.5 Å². The second kappa shape index (κ2) is 6.07. The molecule has 1 unspecified atom stereocenters. The lowest BCUT2D eigenvalue weighted by Gasteiger charge is -2.16. The van der Waals surface area contributed by atoms with E-state index in [0.29, 0.717) is 12.0 Å². The van der Waals surface area contributed by atoms with Crippen molar-refractivity contribution in [1.29, 1.82) is 0 Å². The smallest absolute Gasteiger partial charge is 0.142 e. The fourth-order valence-corrected chi connectivity index (χ4v) is 3.50. The van der Waals surface area contributed by atoms with Crippen LogP contribution in [-0.2, 0) is 6.42 Å². The van der Waals surface area contributed by atoms with Gasteiger partial charge in [-0.3, -0.25) is 11.3 Å². The number of halogens is 2. The lowest BCUT2D eigenvalue weighted by Crippen LogP contribution is -2.29. The molecule has 2 aromatic carbocycles. The number of hydrogen-bond acceptors (Lipinski definition) is 4. The Kier molecular flexibility index (Phi) is 4.17. The van der Waals surface area contributed by atoms with E-state index in [-0.39, 0.29) is 11.1 Å². The van der Waals surface area contributed by atoms with E-state index in [1.165, 1.54) is 6.07 Å². The van der Waals surface area contributed by atoms with Crippen molar-refractivity contribution in [2.24, 2.45) is 5.84 Å². The van der Waals surface area contributed by atoms with Crippen LogP contribution >= 0.6 is 22.9 Å². The predicted molar refractivity (Wildman–Crippen MR) is 84.8 cm³/mol. The molecule has 6 heteroatoms. The first-order valence-corrected chi connectivity index (χ1v) is 7.63. The molecular formula is C15H13ClFN3S. The third-order valence-electron chi connectivity index (χ3n) is 3.27. The van der Waals surface area contributed by atoms with E-state index in [1.807, 2.05) is 24.3 Å². The first kappa shape index (κ1) is 14.4. The molecule has 0 aliphatic heterocycles. The number of nitrogens with zero attached hydrogens (tertiary/aromatic N) is 1. The molecular weight excluding hydrogens is 309 g/mol. The van der Waals surface area contributed by atoms with Crippen LogP contribution in [0.1, 0.15) is 16.6 Å². The van der Waals surface area contributed by atoms with Gasteiger partial charge in [0.25, 0.3) is 0 Å². The Hall–Kier alpha value is -1.53. The second-order valence-corrected chi connectivity index (χ2v) is 6.13. The van der Waals surface area contributed by atoms with Gasteiger partial charge in [0.05, 0.1) is 26.3 Å². The van der Waals surface area contributed by atoms with Gasteiger partial charge in [-0.25, -0.2) is 9.37 Å². The Bertz CT molecular complexity index is 741. The lowest BCUT2D eigenvalue weighted by atomic mass is 10.0. The van der Waals surface area contributed by atoms with Crippen LogP contribution in [0, 0.1) is 5.82 Å². The Morgan fingerprint density at radius 2 is 2.05 bits per heavy atom. The third-order valence-corrected chi connectivity index (χ3v) is 4.73. The van der Waals surface area contributed by atoms with Crippen molar-refractivity contribution in [3.63, 3.8) is 0 Å². The van der Waals surface area contributed by atoms with Crippen LogP contribution in [0.15, 0.2) is 42.5 Å². The van der Waals surface area contributed by atoms with Gasteiger partial charge < -0.3 is 0 Å². The summed E-state index contributed by atoms with van der Waals surface area (Å²) in [5.74, 6) is 5.17. The summed E-state index contributed by atoms with van der Waals surface area (Å²) in [6.45, 7) is 0. The van der Waals surface area contributed by atoms with Crippen LogP contribution < -0.4 is 11.3 Å². The van der Waals surface area contributed by atoms with Crippen LogP contribution in [-0.4, -0.2) is 4.98 Å². The van der Waals surface area contributed by atoms with E-state index in [2.05, 4.69) is 10.4 Å². The maximum absolute atomic E-state index is 13.6. The fraction of sp³-hybridized carbons (Fsp3) is 0.133. The third kappa shape index (κ3) is 2.91. The fourth-order valence-electron chi connectivity index (χ4n) is 2.23. The molecule has 3 rings (SSSR count). The van der Waals surface area contributed by atoms with Gasteiger partial charge in [-0.1, -0.05) is 35.9 Å². The van der Waals surface area contributed by atoms with Gasteiger partial charge in [-0.15, -0.1) is 11.3 Å². The first-order chi connectivity index (χ1) is 10.2. The zero-order valence-electron chi connectivity index (χ0n) is 11.0. The SMILES string of the molecule is NNC(Cc1nc2ccccc2s1)c1cccc(F)c1Cl. The van der Waals surface area contributed by atoms with Crippen LogP contribution in [0.5, 0.6) is 0 Å². The minimum absolute atomic E-state index is 0.0987. The van der Waals surface area contributed by atoms with Gasteiger partial charge in [-0.05, 0) is 23.8 Å². The number of thiazole rings is 1. The monoisotopic (exact) mass is 321 g/mol. The Morgan fingerprint density at radius 3 is 2.81 bits per heavy atom. The van der Waals surface area contributed by atoms with Gasteiger partial charge >= 0.3 is 0 Å². The molecule has 0 amide bonds. The summed E-state index contributed by atoms with van der Waals surface area (Å²) in [6.07, 6.45) is 0.555. The Balaban J connectivity index is 1.92. The predicted octanol–water partition coefficient (Wildman–Crippen LogP) is 3.84. The van der Waals surface area contributed by atoms with Crippen molar-refractivity contribution in [3.8, 4) is 0 Å². The van der Waals surface area contributed by atoms with E-state index in [1.54, 1.807) is 23.5 Å². The molecule has 3 nitrogen and oxygen atoms in total. The molecule has 0 fully saturated rings. The maximum Gasteiger partial charge on any atom is 0.142 e. The van der Waals surface area contributed by atoms with Crippen LogP contribution in [0.4, 0.5) is 4.39 Å². The van der Waals surface area contributed by atoms with Crippen molar-refractivity contribution in [2.75, 3.05) is 0 Å². The number of benzene rings is 2. The molecule has 1 atom stereocenters. The number of aromatic nitrogens is 1. The zero-order chi connectivity index (χ0) is 14.8.